The molecule has 0 unspecified atom stereocenters. The standard InChI is InChI=1S/C12H16O/c1-11(10-13)6-5-9-12-7-3-2-4-8-12/h2-4,6-8,13H,5,9-10H2,1H3/b11-6+. The Morgan fingerprint density at radius 2 is 2.00 bits per heavy atom. The average molecular weight is 176 g/mol. The van der Waals surface area contributed by atoms with Crippen LogP contribution in [0.4, 0.5) is 0 Å². The fourth-order valence-corrected chi connectivity index (χ4v) is 1.19. The lowest BCUT2D eigenvalue weighted by Crippen LogP contribution is -1.86. The summed E-state index contributed by atoms with van der Waals surface area (Å²) in [6, 6.07) is 10.4. The second kappa shape index (κ2) is 5.55. The van der Waals surface area contributed by atoms with Crippen LogP contribution in [-0.4, -0.2) is 11.7 Å². The van der Waals surface area contributed by atoms with E-state index in [-0.39, 0.29) is 6.61 Å². The van der Waals surface area contributed by atoms with Crippen molar-refractivity contribution >= 4 is 0 Å². The van der Waals surface area contributed by atoms with Gasteiger partial charge in [-0.25, -0.2) is 0 Å². The third-order valence-corrected chi connectivity index (χ3v) is 2.02. The quantitative estimate of drug-likeness (QED) is 0.699. The van der Waals surface area contributed by atoms with E-state index in [0.717, 1.165) is 18.4 Å². The zero-order valence-electron chi connectivity index (χ0n) is 8.03. The number of aliphatic hydroxyl groups excluding tert-OH is 1. The molecule has 0 aliphatic rings. The third kappa shape index (κ3) is 3.90. The first-order valence-electron chi connectivity index (χ1n) is 4.63. The summed E-state index contributed by atoms with van der Waals surface area (Å²) >= 11 is 0. The number of hydrogen-bond acceptors (Lipinski definition) is 1. The molecule has 1 heteroatoms. The van der Waals surface area contributed by atoms with Gasteiger partial charge in [0.1, 0.15) is 0 Å². The lowest BCUT2D eigenvalue weighted by atomic mass is 10.1. The maximum Gasteiger partial charge on any atom is 0.0639 e. The zero-order chi connectivity index (χ0) is 9.52. The normalized spacial score (nSPS) is 11.7. The van der Waals surface area contributed by atoms with Gasteiger partial charge in [-0.15, -0.1) is 0 Å². The predicted octanol–water partition coefficient (Wildman–Crippen LogP) is 2.56. The van der Waals surface area contributed by atoms with Gasteiger partial charge in [0.15, 0.2) is 0 Å². The van der Waals surface area contributed by atoms with Gasteiger partial charge < -0.3 is 5.11 Å². The molecular weight excluding hydrogens is 160 g/mol. The van der Waals surface area contributed by atoms with Crippen LogP contribution in [0.5, 0.6) is 0 Å². The third-order valence-electron chi connectivity index (χ3n) is 2.02. The summed E-state index contributed by atoms with van der Waals surface area (Å²) in [6.07, 6.45) is 4.15. The van der Waals surface area contributed by atoms with Crippen molar-refractivity contribution in [3.8, 4) is 0 Å². The monoisotopic (exact) mass is 176 g/mol. The number of benzene rings is 1. The van der Waals surface area contributed by atoms with Crippen molar-refractivity contribution in [3.63, 3.8) is 0 Å². The highest BCUT2D eigenvalue weighted by atomic mass is 16.3. The topological polar surface area (TPSA) is 20.2 Å². The summed E-state index contributed by atoms with van der Waals surface area (Å²) in [5, 5.41) is 8.76. The van der Waals surface area contributed by atoms with Crippen LogP contribution < -0.4 is 0 Å². The van der Waals surface area contributed by atoms with Crippen LogP contribution in [-0.2, 0) is 6.42 Å². The molecule has 0 heterocycles. The Kier molecular flexibility index (Phi) is 4.27. The molecule has 1 aromatic carbocycles. The van der Waals surface area contributed by atoms with Gasteiger partial charge >= 0.3 is 0 Å². The number of aliphatic hydroxyl groups is 1. The molecule has 1 N–H and O–H groups in total. The highest BCUT2D eigenvalue weighted by Crippen LogP contribution is 2.04. The van der Waals surface area contributed by atoms with Gasteiger partial charge in [0.25, 0.3) is 0 Å². The molecule has 0 aliphatic carbocycles. The molecule has 0 aromatic heterocycles. The summed E-state index contributed by atoms with van der Waals surface area (Å²) in [7, 11) is 0. The van der Waals surface area contributed by atoms with Gasteiger partial charge in [-0.1, -0.05) is 42.0 Å². The fraction of sp³-hybridized carbons (Fsp3) is 0.333. The molecule has 1 aromatic rings. The molecule has 0 radical (unpaired) electrons. The maximum absolute atomic E-state index is 8.76. The Morgan fingerprint density at radius 3 is 2.62 bits per heavy atom. The molecular formula is C12H16O. The van der Waals surface area contributed by atoms with Crippen LogP contribution in [0, 0.1) is 0 Å². The van der Waals surface area contributed by atoms with E-state index in [1.54, 1.807) is 0 Å². The molecule has 70 valence electrons. The Balaban J connectivity index is 2.36. The molecule has 0 spiro atoms. The number of allylic oxidation sites excluding steroid dienone is 1. The molecule has 1 rings (SSSR count). The summed E-state index contributed by atoms with van der Waals surface area (Å²) in [5.41, 5.74) is 2.40. The molecule has 0 saturated heterocycles. The van der Waals surface area contributed by atoms with Gasteiger partial charge in [-0.2, -0.15) is 0 Å². The molecule has 13 heavy (non-hydrogen) atoms. The van der Waals surface area contributed by atoms with Crippen molar-refractivity contribution in [2.24, 2.45) is 0 Å². The zero-order valence-corrected chi connectivity index (χ0v) is 8.03. The SMILES string of the molecule is C/C(=C\CCc1ccccc1)CO. The highest BCUT2D eigenvalue weighted by molar-refractivity contribution is 5.15. The largest absolute Gasteiger partial charge is 0.392 e. The maximum atomic E-state index is 8.76. The van der Waals surface area contributed by atoms with Crippen molar-refractivity contribution < 1.29 is 5.11 Å². The van der Waals surface area contributed by atoms with E-state index in [2.05, 4.69) is 30.3 Å². The fourth-order valence-electron chi connectivity index (χ4n) is 1.19. The van der Waals surface area contributed by atoms with Crippen LogP contribution in [0.15, 0.2) is 42.0 Å². The molecule has 1 nitrogen and oxygen atoms in total. The molecule has 0 fully saturated rings. The second-order valence-electron chi connectivity index (χ2n) is 3.23. The lowest BCUT2D eigenvalue weighted by Gasteiger charge is -1.98. The van der Waals surface area contributed by atoms with E-state index in [0.29, 0.717) is 0 Å². The van der Waals surface area contributed by atoms with Gasteiger partial charge in [0.05, 0.1) is 6.61 Å². The summed E-state index contributed by atoms with van der Waals surface area (Å²) < 4.78 is 0. The van der Waals surface area contributed by atoms with Crippen molar-refractivity contribution in [2.45, 2.75) is 19.8 Å². The summed E-state index contributed by atoms with van der Waals surface area (Å²) in [5.74, 6) is 0. The van der Waals surface area contributed by atoms with E-state index in [4.69, 9.17) is 5.11 Å². The average Bonchev–Trinajstić information content (AvgIpc) is 2.19. The summed E-state index contributed by atoms with van der Waals surface area (Å²) in [6.45, 7) is 2.12. The van der Waals surface area contributed by atoms with Crippen LogP contribution in [0.3, 0.4) is 0 Å². The molecule has 0 atom stereocenters. The smallest absolute Gasteiger partial charge is 0.0639 e. The first kappa shape index (κ1) is 10.0. The second-order valence-corrected chi connectivity index (χ2v) is 3.23. The minimum atomic E-state index is 0.175. The highest BCUT2D eigenvalue weighted by Gasteiger charge is 1.89. The Hall–Kier alpha value is -1.08. The molecule has 0 saturated carbocycles. The van der Waals surface area contributed by atoms with Crippen molar-refractivity contribution in [2.75, 3.05) is 6.61 Å². The minimum Gasteiger partial charge on any atom is -0.392 e. The Labute approximate surface area is 79.7 Å². The van der Waals surface area contributed by atoms with E-state index >= 15 is 0 Å². The van der Waals surface area contributed by atoms with Crippen LogP contribution in [0.1, 0.15) is 18.9 Å². The van der Waals surface area contributed by atoms with Crippen LogP contribution >= 0.6 is 0 Å². The first-order valence-corrected chi connectivity index (χ1v) is 4.63. The van der Waals surface area contributed by atoms with Gasteiger partial charge in [-0.3, -0.25) is 0 Å². The Bertz CT molecular complexity index is 262. The van der Waals surface area contributed by atoms with E-state index in [1.807, 2.05) is 13.0 Å². The van der Waals surface area contributed by atoms with Gasteiger partial charge in [-0.05, 0) is 25.3 Å². The Morgan fingerprint density at radius 1 is 1.31 bits per heavy atom. The van der Waals surface area contributed by atoms with E-state index in [1.165, 1.54) is 5.56 Å². The molecule has 0 amide bonds. The molecule has 0 aliphatic heterocycles. The summed E-state index contributed by atoms with van der Waals surface area (Å²) in [4.78, 5) is 0. The van der Waals surface area contributed by atoms with E-state index in [9.17, 15) is 0 Å². The van der Waals surface area contributed by atoms with Crippen LogP contribution in [0.25, 0.3) is 0 Å². The number of aryl methyl sites for hydroxylation is 1. The van der Waals surface area contributed by atoms with Crippen molar-refractivity contribution in [1.82, 2.24) is 0 Å². The molecule has 0 bridgehead atoms. The van der Waals surface area contributed by atoms with Gasteiger partial charge in [0, 0.05) is 0 Å². The van der Waals surface area contributed by atoms with Crippen molar-refractivity contribution in [3.05, 3.63) is 47.5 Å². The minimum absolute atomic E-state index is 0.175. The van der Waals surface area contributed by atoms with Crippen molar-refractivity contribution in [1.29, 1.82) is 0 Å². The number of rotatable bonds is 4. The first-order chi connectivity index (χ1) is 6.33. The van der Waals surface area contributed by atoms with Crippen LogP contribution in [0.2, 0.25) is 0 Å². The lowest BCUT2D eigenvalue weighted by molar-refractivity contribution is 0.331. The predicted molar refractivity (Wildman–Crippen MR) is 55.6 cm³/mol. The van der Waals surface area contributed by atoms with Gasteiger partial charge in [0.2, 0.25) is 0 Å². The van der Waals surface area contributed by atoms with E-state index < -0.39 is 0 Å². The number of hydrogen-bond donors (Lipinski definition) is 1.